The average Bonchev–Trinajstić information content (AvgIpc) is 2.98. The molecule has 2 aromatic rings. The summed E-state index contributed by atoms with van der Waals surface area (Å²) >= 11 is 1.84. The fraction of sp³-hybridized carbons (Fsp3) is 0.606. The van der Waals surface area contributed by atoms with Crippen molar-refractivity contribution in [1.82, 2.24) is 9.80 Å². The number of aromatic hydroxyl groups is 1. The van der Waals surface area contributed by atoms with E-state index in [1.54, 1.807) is 14.2 Å². The molecular formula is C33H50N2O5S. The summed E-state index contributed by atoms with van der Waals surface area (Å²) in [6.45, 7) is 9.62. The molecule has 2 aromatic carbocycles. The fourth-order valence-corrected chi connectivity index (χ4v) is 6.39. The number of likely N-dealkylation sites (tertiary alicyclic amines) is 1. The molecule has 8 heteroatoms. The number of phenolic OH excluding ortho intramolecular Hbond substituents is 1. The van der Waals surface area contributed by atoms with Crippen LogP contribution < -0.4 is 0 Å². The number of carbonyl (C=O) groups excluding carboxylic acids is 1. The monoisotopic (exact) mass is 586 g/mol. The summed E-state index contributed by atoms with van der Waals surface area (Å²) in [5.41, 5.74) is 3.17. The first-order chi connectivity index (χ1) is 19.7. The highest BCUT2D eigenvalue weighted by Crippen LogP contribution is 2.45. The molecule has 1 N–H and O–H groups in total. The van der Waals surface area contributed by atoms with Crippen molar-refractivity contribution in [3.8, 4) is 5.75 Å². The van der Waals surface area contributed by atoms with E-state index >= 15 is 0 Å². The summed E-state index contributed by atoms with van der Waals surface area (Å²) in [6, 6.07) is 16.6. The zero-order valence-electron chi connectivity index (χ0n) is 25.8. The predicted molar refractivity (Wildman–Crippen MR) is 168 cm³/mol. The van der Waals surface area contributed by atoms with Crippen LogP contribution in [0.1, 0.15) is 56.7 Å². The molecule has 1 aliphatic heterocycles. The molecule has 1 fully saturated rings. The molecule has 0 unspecified atom stereocenters. The second-order valence-electron chi connectivity index (χ2n) is 11.4. The number of amides is 1. The van der Waals surface area contributed by atoms with Gasteiger partial charge in [0.25, 0.3) is 0 Å². The molecule has 0 spiro atoms. The molecule has 1 amide bonds. The van der Waals surface area contributed by atoms with Gasteiger partial charge in [0.15, 0.2) is 6.29 Å². The Balaban J connectivity index is 1.60. The quantitative estimate of drug-likeness (QED) is 0.211. The van der Waals surface area contributed by atoms with E-state index in [4.69, 9.17) is 14.2 Å². The molecule has 0 saturated carbocycles. The van der Waals surface area contributed by atoms with Crippen molar-refractivity contribution >= 4 is 17.7 Å². The van der Waals surface area contributed by atoms with Gasteiger partial charge in [0.1, 0.15) is 5.75 Å². The topological polar surface area (TPSA) is 71.5 Å². The minimum atomic E-state index is -0.459. The second-order valence-corrected chi connectivity index (χ2v) is 13.0. The number of piperidine rings is 1. The van der Waals surface area contributed by atoms with Gasteiger partial charge in [-0.2, -0.15) is 11.8 Å². The van der Waals surface area contributed by atoms with Gasteiger partial charge in [0, 0.05) is 37.0 Å². The normalized spacial score (nSPS) is 16.3. The molecule has 1 aliphatic rings. The third kappa shape index (κ3) is 9.45. The van der Waals surface area contributed by atoms with Crippen LogP contribution in [0.25, 0.3) is 0 Å². The van der Waals surface area contributed by atoms with Crippen molar-refractivity contribution in [3.63, 3.8) is 0 Å². The van der Waals surface area contributed by atoms with Crippen LogP contribution in [0, 0.1) is 0 Å². The Morgan fingerprint density at radius 2 is 1.73 bits per heavy atom. The third-order valence-electron chi connectivity index (χ3n) is 8.13. The number of carbonyl (C=O) groups is 1. The average molecular weight is 587 g/mol. The molecule has 0 radical (unpaired) electrons. The lowest BCUT2D eigenvalue weighted by molar-refractivity contribution is -0.149. The lowest BCUT2D eigenvalue weighted by Gasteiger charge is -2.42. The van der Waals surface area contributed by atoms with E-state index in [0.29, 0.717) is 43.6 Å². The Kier molecular flexibility index (Phi) is 13.5. The van der Waals surface area contributed by atoms with Crippen LogP contribution in [0.2, 0.25) is 0 Å². The lowest BCUT2D eigenvalue weighted by atomic mass is 9.67. The maximum Gasteiger partial charge on any atom is 0.225 e. The molecule has 0 bridgehead atoms. The van der Waals surface area contributed by atoms with Crippen molar-refractivity contribution in [3.05, 3.63) is 65.2 Å². The lowest BCUT2D eigenvalue weighted by Crippen LogP contribution is -2.45. The highest BCUT2D eigenvalue weighted by molar-refractivity contribution is 7.99. The Labute approximate surface area is 251 Å². The number of rotatable bonds is 16. The van der Waals surface area contributed by atoms with Crippen LogP contribution in [0.3, 0.4) is 0 Å². The van der Waals surface area contributed by atoms with E-state index < -0.39 is 6.29 Å². The predicted octanol–water partition coefficient (Wildman–Crippen LogP) is 5.33. The molecule has 7 nitrogen and oxygen atoms in total. The maximum atomic E-state index is 13.2. The number of nitrogens with zero attached hydrogens (tertiary/aromatic N) is 2. The van der Waals surface area contributed by atoms with E-state index in [2.05, 4.69) is 63.1 Å². The Morgan fingerprint density at radius 1 is 1.05 bits per heavy atom. The van der Waals surface area contributed by atoms with Crippen LogP contribution in [0.4, 0.5) is 0 Å². The Bertz CT molecular complexity index is 1050. The van der Waals surface area contributed by atoms with Crippen LogP contribution in [0.15, 0.2) is 48.5 Å². The number of ether oxygens (including phenoxy) is 3. The van der Waals surface area contributed by atoms with Gasteiger partial charge in [0.2, 0.25) is 5.91 Å². The Morgan fingerprint density at radius 3 is 2.37 bits per heavy atom. The smallest absolute Gasteiger partial charge is 0.225 e. The maximum absolute atomic E-state index is 13.2. The van der Waals surface area contributed by atoms with Crippen molar-refractivity contribution < 1.29 is 24.1 Å². The van der Waals surface area contributed by atoms with Crippen LogP contribution in [-0.4, -0.2) is 98.3 Å². The fourth-order valence-electron chi connectivity index (χ4n) is 5.54. The van der Waals surface area contributed by atoms with Crippen molar-refractivity contribution in [2.45, 2.75) is 69.5 Å². The second kappa shape index (κ2) is 16.5. The Hall–Kier alpha value is -2.10. The van der Waals surface area contributed by atoms with Gasteiger partial charge in [-0.1, -0.05) is 56.3 Å². The molecule has 228 valence electrons. The van der Waals surface area contributed by atoms with Gasteiger partial charge < -0.3 is 29.1 Å². The molecule has 0 aliphatic carbocycles. The summed E-state index contributed by atoms with van der Waals surface area (Å²) in [6.07, 6.45) is 2.48. The largest absolute Gasteiger partial charge is 0.508 e. The molecule has 0 aromatic heterocycles. The summed E-state index contributed by atoms with van der Waals surface area (Å²) in [5.74, 6) is 1.25. The molecular weight excluding hydrogens is 536 g/mol. The first-order valence-electron chi connectivity index (χ1n) is 14.8. The number of benzene rings is 2. The third-order valence-corrected chi connectivity index (χ3v) is 9.48. The van der Waals surface area contributed by atoms with Crippen molar-refractivity contribution in [2.24, 2.45) is 0 Å². The van der Waals surface area contributed by atoms with Crippen molar-refractivity contribution in [1.29, 1.82) is 0 Å². The van der Waals surface area contributed by atoms with E-state index in [1.165, 1.54) is 5.56 Å². The summed E-state index contributed by atoms with van der Waals surface area (Å²) < 4.78 is 16.7. The first-order valence-corrected chi connectivity index (χ1v) is 15.9. The van der Waals surface area contributed by atoms with Crippen LogP contribution >= 0.6 is 11.8 Å². The summed E-state index contributed by atoms with van der Waals surface area (Å²) in [4.78, 5) is 17.4. The zero-order valence-corrected chi connectivity index (χ0v) is 26.6. The van der Waals surface area contributed by atoms with Gasteiger partial charge >= 0.3 is 0 Å². The first kappa shape index (κ1) is 33.4. The minimum absolute atomic E-state index is 0.0416. The summed E-state index contributed by atoms with van der Waals surface area (Å²) in [7, 11) is 5.35. The highest BCUT2D eigenvalue weighted by atomic mass is 32.2. The zero-order chi connectivity index (χ0) is 29.8. The standard InChI is InChI=1S/C33H50N2O5S/c1-25(2)41-24-26(3)35(23-32(38-5)39-6)31(37)15-21-40-20-14-27-12-13-30(36)29(22-27)33(16-18-34(4)19-17-33)28-10-8-7-9-11-28/h7-13,22,25-26,32,36H,14-21,23-24H2,1-6H3/t26-/m1/s1. The number of phenols is 1. The van der Waals surface area contributed by atoms with Gasteiger partial charge in [-0.15, -0.1) is 0 Å². The number of hydrogen-bond acceptors (Lipinski definition) is 7. The highest BCUT2D eigenvalue weighted by Gasteiger charge is 2.39. The molecule has 1 saturated heterocycles. The number of methoxy groups -OCH3 is 2. The van der Waals surface area contributed by atoms with Crippen LogP contribution in [0.5, 0.6) is 5.75 Å². The molecule has 1 heterocycles. The SMILES string of the molecule is COC(CN(C(=O)CCOCCc1ccc(O)c(C2(c3ccccc3)CCN(C)CC2)c1)[C@H](C)CSC(C)C)OC. The van der Waals surface area contributed by atoms with Crippen LogP contribution in [-0.2, 0) is 30.8 Å². The molecule has 3 rings (SSSR count). The van der Waals surface area contributed by atoms with Gasteiger partial charge in [-0.3, -0.25) is 4.79 Å². The van der Waals surface area contributed by atoms with Gasteiger partial charge in [-0.05, 0) is 68.8 Å². The summed E-state index contributed by atoms with van der Waals surface area (Å²) in [5, 5.41) is 11.5. The van der Waals surface area contributed by atoms with E-state index in [9.17, 15) is 9.90 Å². The van der Waals surface area contributed by atoms with E-state index in [0.717, 1.165) is 42.8 Å². The molecule has 41 heavy (non-hydrogen) atoms. The minimum Gasteiger partial charge on any atom is -0.508 e. The molecule has 1 atom stereocenters. The van der Waals surface area contributed by atoms with Gasteiger partial charge in [0.05, 0.1) is 26.2 Å². The number of hydrogen-bond donors (Lipinski definition) is 1. The van der Waals surface area contributed by atoms with Crippen molar-refractivity contribution in [2.75, 3.05) is 59.9 Å². The van der Waals surface area contributed by atoms with E-state index in [1.807, 2.05) is 34.9 Å². The van der Waals surface area contributed by atoms with Gasteiger partial charge in [-0.25, -0.2) is 0 Å². The van der Waals surface area contributed by atoms with E-state index in [-0.39, 0.29) is 17.4 Å². The number of thioether (sulfide) groups is 1.